The number of allylic oxidation sites excluding steroid dienone is 2. The zero-order chi connectivity index (χ0) is 18.3. The van der Waals surface area contributed by atoms with Gasteiger partial charge in [-0.3, -0.25) is 4.79 Å². The Kier molecular flexibility index (Phi) is 7.80. The maximum absolute atomic E-state index is 10.8. The minimum absolute atomic E-state index is 0.0107. The van der Waals surface area contributed by atoms with Gasteiger partial charge in [0.2, 0.25) is 0 Å². The highest BCUT2D eigenvalue weighted by Crippen LogP contribution is 2.15. The number of fused-ring (bicyclic) bond motifs is 1. The van der Waals surface area contributed by atoms with Gasteiger partial charge in [0.05, 0.1) is 6.42 Å². The monoisotopic (exact) mass is 347 g/mol. The van der Waals surface area contributed by atoms with Crippen molar-refractivity contribution in [3.05, 3.63) is 45.4 Å². The number of H-pyrrole nitrogens is 1. The predicted molar refractivity (Wildman–Crippen MR) is 104 cm³/mol. The molecule has 0 aliphatic carbocycles. The summed E-state index contributed by atoms with van der Waals surface area (Å²) in [4.78, 5) is 14.2. The maximum Gasteiger partial charge on any atom is 0.303 e. The highest BCUT2D eigenvalue weighted by molar-refractivity contribution is 6.31. The van der Waals surface area contributed by atoms with Crippen molar-refractivity contribution in [2.45, 2.75) is 41.0 Å². The highest BCUT2D eigenvalue weighted by atomic mass is 35.5. The van der Waals surface area contributed by atoms with Crippen LogP contribution in [0.25, 0.3) is 23.1 Å². The molecule has 4 heteroatoms. The van der Waals surface area contributed by atoms with Gasteiger partial charge >= 0.3 is 5.97 Å². The van der Waals surface area contributed by atoms with Crippen molar-refractivity contribution in [2.24, 2.45) is 5.92 Å². The molecule has 0 fully saturated rings. The van der Waals surface area contributed by atoms with Crippen molar-refractivity contribution >= 4 is 40.6 Å². The van der Waals surface area contributed by atoms with Crippen molar-refractivity contribution < 1.29 is 9.90 Å². The van der Waals surface area contributed by atoms with Crippen LogP contribution in [-0.4, -0.2) is 16.1 Å². The van der Waals surface area contributed by atoms with Crippen LogP contribution in [0.4, 0.5) is 0 Å². The molecule has 1 heterocycles. The normalized spacial score (nSPS) is 14.5. The summed E-state index contributed by atoms with van der Waals surface area (Å²) in [5.74, 6) is -0.765. The van der Waals surface area contributed by atoms with Crippen LogP contribution in [0.3, 0.4) is 0 Å². The fourth-order valence-electron chi connectivity index (χ4n) is 2.42. The quantitative estimate of drug-likeness (QED) is 0.856. The van der Waals surface area contributed by atoms with Crippen molar-refractivity contribution in [3.8, 4) is 0 Å². The van der Waals surface area contributed by atoms with Crippen LogP contribution in [0.5, 0.6) is 0 Å². The number of hydrogen-bond donors (Lipinski definition) is 2. The summed E-state index contributed by atoms with van der Waals surface area (Å²) in [7, 11) is 0. The second kappa shape index (κ2) is 9.33. The number of aromatic amines is 1. The molecule has 2 N–H and O–H groups in total. The third kappa shape index (κ3) is 5.00. The van der Waals surface area contributed by atoms with Crippen LogP contribution in [0.2, 0.25) is 5.02 Å². The van der Waals surface area contributed by atoms with Crippen molar-refractivity contribution in [2.75, 3.05) is 0 Å². The molecule has 24 heavy (non-hydrogen) atoms. The fourth-order valence-corrected chi connectivity index (χ4v) is 2.59. The largest absolute Gasteiger partial charge is 0.481 e. The number of rotatable bonds is 4. The fraction of sp³-hybridized carbons (Fsp3) is 0.350. The van der Waals surface area contributed by atoms with Crippen LogP contribution < -0.4 is 10.6 Å². The number of carbonyl (C=O) groups is 1. The van der Waals surface area contributed by atoms with Crippen LogP contribution >= 0.6 is 11.6 Å². The molecule has 0 aliphatic heterocycles. The molecular formula is C20H26ClNO2. The second-order valence-electron chi connectivity index (χ2n) is 5.51. The van der Waals surface area contributed by atoms with Gasteiger partial charge in [-0.2, -0.15) is 0 Å². The summed E-state index contributed by atoms with van der Waals surface area (Å²) < 4.78 is 0. The first-order valence-electron chi connectivity index (χ1n) is 8.26. The SMILES string of the molecule is C/C=c1/[nH]c2ccc(Cl)cc2/c1=C/C=C(\C)C(C)CC(=O)O.CC. The summed E-state index contributed by atoms with van der Waals surface area (Å²) in [6.45, 7) is 9.86. The van der Waals surface area contributed by atoms with Crippen molar-refractivity contribution in [1.82, 2.24) is 4.98 Å². The minimum Gasteiger partial charge on any atom is -0.481 e. The molecule has 0 saturated heterocycles. The molecule has 0 aliphatic rings. The van der Waals surface area contributed by atoms with E-state index in [1.54, 1.807) is 0 Å². The van der Waals surface area contributed by atoms with E-state index in [-0.39, 0.29) is 12.3 Å². The summed E-state index contributed by atoms with van der Waals surface area (Å²) in [5.41, 5.74) is 2.08. The zero-order valence-corrected chi connectivity index (χ0v) is 15.7. The molecule has 0 radical (unpaired) electrons. The number of carboxylic acids is 1. The van der Waals surface area contributed by atoms with E-state index in [0.29, 0.717) is 5.02 Å². The molecule has 0 bridgehead atoms. The Balaban J connectivity index is 0.00000139. The topological polar surface area (TPSA) is 53.1 Å². The first kappa shape index (κ1) is 20.0. The van der Waals surface area contributed by atoms with Gasteiger partial charge in [0.1, 0.15) is 0 Å². The van der Waals surface area contributed by atoms with Gasteiger partial charge in [0, 0.05) is 26.5 Å². The standard InChI is InChI=1S/C18H20ClNO2.C2H6/c1-4-16-14(7-5-11(2)12(3)9-18(21)22)15-10-13(19)6-8-17(15)20-16;1-2/h4-8,10,12,20H,9H2,1-3H3,(H,21,22);1-2H3/b11-5+,14-7-,16-4+;. The number of carboxylic acid groups (broad SMARTS) is 1. The zero-order valence-electron chi connectivity index (χ0n) is 15.0. The number of benzene rings is 1. The molecular weight excluding hydrogens is 322 g/mol. The van der Waals surface area contributed by atoms with E-state index in [9.17, 15) is 4.79 Å². The second-order valence-corrected chi connectivity index (χ2v) is 5.94. The Hall–Kier alpha value is -2.00. The summed E-state index contributed by atoms with van der Waals surface area (Å²) >= 11 is 6.09. The highest BCUT2D eigenvalue weighted by Gasteiger charge is 2.08. The first-order valence-corrected chi connectivity index (χ1v) is 8.64. The van der Waals surface area contributed by atoms with Gasteiger partial charge in [0.15, 0.2) is 0 Å². The third-order valence-electron chi connectivity index (χ3n) is 3.89. The minimum atomic E-state index is -0.776. The molecule has 3 nitrogen and oxygen atoms in total. The van der Waals surface area contributed by atoms with Crippen molar-refractivity contribution in [3.63, 3.8) is 0 Å². The number of aliphatic carboxylic acids is 1. The average Bonchev–Trinajstić information content (AvgIpc) is 2.90. The predicted octanol–water partition coefficient (Wildman–Crippen LogP) is 4.49. The summed E-state index contributed by atoms with van der Waals surface area (Å²) in [6.07, 6.45) is 6.18. The molecule has 1 aromatic carbocycles. The van der Waals surface area contributed by atoms with Crippen molar-refractivity contribution in [1.29, 1.82) is 0 Å². The Morgan fingerprint density at radius 3 is 2.62 bits per heavy atom. The molecule has 130 valence electrons. The molecule has 2 aromatic rings. The number of hydrogen-bond acceptors (Lipinski definition) is 1. The Morgan fingerprint density at radius 1 is 1.38 bits per heavy atom. The molecule has 1 unspecified atom stereocenters. The van der Waals surface area contributed by atoms with Gasteiger partial charge < -0.3 is 10.1 Å². The Labute approximate surface area is 148 Å². The summed E-state index contributed by atoms with van der Waals surface area (Å²) in [6, 6.07) is 5.77. The Bertz CT molecular complexity index is 846. The molecule has 0 spiro atoms. The van der Waals surface area contributed by atoms with Crippen LogP contribution in [0.15, 0.2) is 29.8 Å². The smallest absolute Gasteiger partial charge is 0.303 e. The maximum atomic E-state index is 10.8. The van der Waals surface area contributed by atoms with E-state index in [2.05, 4.69) is 4.98 Å². The van der Waals surface area contributed by atoms with Gasteiger partial charge in [-0.1, -0.05) is 56.2 Å². The third-order valence-corrected chi connectivity index (χ3v) is 4.13. The lowest BCUT2D eigenvalue weighted by Gasteiger charge is -2.07. The average molecular weight is 348 g/mol. The molecule has 0 amide bonds. The molecule has 1 atom stereocenters. The van der Waals surface area contributed by atoms with Crippen LogP contribution in [-0.2, 0) is 4.79 Å². The van der Waals surface area contributed by atoms with Gasteiger partial charge in [-0.05, 0) is 38.0 Å². The van der Waals surface area contributed by atoms with Gasteiger partial charge in [-0.25, -0.2) is 0 Å². The number of nitrogens with one attached hydrogen (secondary N) is 1. The van der Waals surface area contributed by atoms with Crippen LogP contribution in [0.1, 0.15) is 41.0 Å². The lowest BCUT2D eigenvalue weighted by Crippen LogP contribution is -2.21. The molecule has 2 rings (SSSR count). The van der Waals surface area contributed by atoms with Gasteiger partial charge in [0.25, 0.3) is 0 Å². The van der Waals surface area contributed by atoms with Gasteiger partial charge in [-0.15, -0.1) is 0 Å². The number of halogens is 1. The van der Waals surface area contributed by atoms with E-state index in [0.717, 1.165) is 27.0 Å². The van der Waals surface area contributed by atoms with E-state index in [1.807, 2.05) is 71.0 Å². The lowest BCUT2D eigenvalue weighted by molar-refractivity contribution is -0.137. The molecule has 0 saturated carbocycles. The Morgan fingerprint density at radius 2 is 2.04 bits per heavy atom. The van der Waals surface area contributed by atoms with E-state index >= 15 is 0 Å². The van der Waals surface area contributed by atoms with E-state index < -0.39 is 5.97 Å². The van der Waals surface area contributed by atoms with Crippen LogP contribution in [0, 0.1) is 5.92 Å². The number of aromatic nitrogens is 1. The first-order chi connectivity index (χ1) is 11.4. The lowest BCUT2D eigenvalue weighted by atomic mass is 9.98. The molecule has 1 aromatic heterocycles. The summed E-state index contributed by atoms with van der Waals surface area (Å²) in [5, 5.41) is 12.7. The van der Waals surface area contributed by atoms with E-state index in [4.69, 9.17) is 16.7 Å². The van der Waals surface area contributed by atoms with E-state index in [1.165, 1.54) is 0 Å².